The van der Waals surface area contributed by atoms with Crippen molar-refractivity contribution in [1.82, 2.24) is 0 Å². The van der Waals surface area contributed by atoms with E-state index in [1.807, 2.05) is 0 Å². The van der Waals surface area contributed by atoms with Gasteiger partial charge in [0.05, 0.1) is 11.3 Å². The summed E-state index contributed by atoms with van der Waals surface area (Å²) in [5.41, 5.74) is -0.840. The van der Waals surface area contributed by atoms with Crippen LogP contribution in [0.25, 0.3) is 0 Å². The largest absolute Gasteiger partial charge is 0.417 e. The Labute approximate surface area is 162 Å². The molecule has 0 aliphatic rings. The van der Waals surface area contributed by atoms with Crippen LogP contribution in [-0.2, 0) is 16.7 Å². The molecule has 0 radical (unpaired) electrons. The van der Waals surface area contributed by atoms with Crippen molar-refractivity contribution in [3.63, 3.8) is 0 Å². The summed E-state index contributed by atoms with van der Waals surface area (Å²) in [7, 11) is -2.61. The van der Waals surface area contributed by atoms with Crippen LogP contribution in [0.2, 0.25) is 5.02 Å². The number of hydrogen-bond donors (Lipinski definition) is 1. The molecule has 0 fully saturated rings. The average molecular weight is 472 g/mol. The molecule has 2 aromatic carbocycles. The van der Waals surface area contributed by atoms with E-state index in [9.17, 15) is 13.2 Å². The lowest BCUT2D eigenvalue weighted by Crippen LogP contribution is -2.12. The van der Waals surface area contributed by atoms with Crippen molar-refractivity contribution in [2.45, 2.75) is 13.1 Å². The third-order valence-electron chi connectivity index (χ3n) is 2.78. The molecular formula is C15H11BrClF3N2O3S. The Hall–Kier alpha value is -1.91. The fourth-order valence-corrected chi connectivity index (χ4v) is 2.17. The summed E-state index contributed by atoms with van der Waals surface area (Å²) in [5.74, 6) is 0.415. The maximum absolute atomic E-state index is 13.0. The van der Waals surface area contributed by atoms with Crippen LogP contribution in [0.4, 0.5) is 13.2 Å². The molecule has 2 aromatic rings. The Bertz CT molecular complexity index is 895. The Balaban J connectivity index is 0.000000765. The number of alkyl halides is 3. The monoisotopic (exact) mass is 470 g/mol. The second-order valence-electron chi connectivity index (χ2n) is 4.64. The number of oxime groups is 1. The standard InChI is InChI=1S/C15H10BrClF3NO.HNO2S/c1-9(21-22-12-5-2-10(16)3-6-12)13-8-11(17)4-7-14(13)15(18,19)20;1-4(2)3/h2-8H,1H3;1H/b21-9+;. The van der Waals surface area contributed by atoms with Crippen LogP contribution < -0.4 is 4.84 Å². The molecule has 1 N–H and O–H groups in total. The van der Waals surface area contributed by atoms with E-state index in [2.05, 4.69) is 21.1 Å². The molecule has 0 spiro atoms. The topological polar surface area (TPSA) is 79.6 Å². The molecule has 5 nitrogen and oxygen atoms in total. The van der Waals surface area contributed by atoms with Gasteiger partial charge >= 0.3 is 16.7 Å². The second-order valence-corrected chi connectivity index (χ2v) is 6.47. The van der Waals surface area contributed by atoms with Crippen LogP contribution in [0.5, 0.6) is 5.75 Å². The second kappa shape index (κ2) is 9.70. The van der Waals surface area contributed by atoms with Gasteiger partial charge in [0.1, 0.15) is 0 Å². The van der Waals surface area contributed by atoms with Crippen molar-refractivity contribution in [3.8, 4) is 5.75 Å². The first-order valence-electron chi connectivity index (χ1n) is 6.65. The van der Waals surface area contributed by atoms with Crippen molar-refractivity contribution in [1.29, 1.82) is 4.78 Å². The van der Waals surface area contributed by atoms with Gasteiger partial charge in [-0.15, -0.1) is 0 Å². The summed E-state index contributed by atoms with van der Waals surface area (Å²) < 4.78 is 62.7. The van der Waals surface area contributed by atoms with E-state index in [4.69, 9.17) is 29.6 Å². The summed E-state index contributed by atoms with van der Waals surface area (Å²) >= 11 is 9.05. The van der Waals surface area contributed by atoms with Gasteiger partial charge in [-0.25, -0.2) is 0 Å². The Kier molecular flexibility index (Phi) is 8.25. The van der Waals surface area contributed by atoms with Crippen LogP contribution >= 0.6 is 27.5 Å². The number of benzene rings is 2. The van der Waals surface area contributed by atoms with Gasteiger partial charge in [-0.1, -0.05) is 32.7 Å². The molecule has 11 heteroatoms. The predicted molar refractivity (Wildman–Crippen MR) is 95.1 cm³/mol. The van der Waals surface area contributed by atoms with Crippen molar-refractivity contribution < 1.29 is 26.4 Å². The lowest BCUT2D eigenvalue weighted by molar-refractivity contribution is -0.137. The highest BCUT2D eigenvalue weighted by Crippen LogP contribution is 2.33. The first kappa shape index (κ1) is 22.1. The minimum absolute atomic E-state index is 0.0812. The van der Waals surface area contributed by atoms with Crippen LogP contribution in [0, 0.1) is 4.78 Å². The molecule has 0 amide bonds. The molecule has 0 unspecified atom stereocenters. The van der Waals surface area contributed by atoms with Gasteiger partial charge < -0.3 is 4.84 Å². The number of rotatable bonds is 3. The molecule has 0 saturated heterocycles. The van der Waals surface area contributed by atoms with E-state index >= 15 is 0 Å². The lowest BCUT2D eigenvalue weighted by Gasteiger charge is -2.12. The predicted octanol–water partition coefficient (Wildman–Crippen LogP) is 5.55. The lowest BCUT2D eigenvalue weighted by atomic mass is 10.0. The molecule has 0 aliphatic carbocycles. The number of nitrogens with zero attached hydrogens (tertiary/aromatic N) is 1. The normalized spacial score (nSPS) is 11.4. The summed E-state index contributed by atoms with van der Waals surface area (Å²) in [4.78, 5) is 5.14. The van der Waals surface area contributed by atoms with Gasteiger partial charge in [-0.05, 0) is 49.4 Å². The smallest absolute Gasteiger partial charge is 0.357 e. The number of halogens is 5. The molecule has 26 heavy (non-hydrogen) atoms. The van der Waals surface area contributed by atoms with Crippen molar-refractivity contribution in [2.24, 2.45) is 5.16 Å². The molecule has 2 rings (SSSR count). The zero-order chi connectivity index (χ0) is 19.9. The highest BCUT2D eigenvalue weighted by atomic mass is 79.9. The van der Waals surface area contributed by atoms with Crippen LogP contribution in [-0.4, -0.2) is 14.1 Å². The zero-order valence-corrected chi connectivity index (χ0v) is 16.2. The quantitative estimate of drug-likeness (QED) is 0.471. The van der Waals surface area contributed by atoms with E-state index in [1.54, 1.807) is 24.3 Å². The SMILES string of the molecule is C/C(=N\Oc1ccc(Br)cc1)c1cc(Cl)ccc1C(F)(F)F.N=S(=O)=O. The summed E-state index contributed by atoms with van der Waals surface area (Å²) in [6.45, 7) is 1.43. The molecule has 0 bridgehead atoms. The average Bonchev–Trinajstić information content (AvgIpc) is 2.52. The third kappa shape index (κ3) is 7.54. The molecular weight excluding hydrogens is 461 g/mol. The molecule has 0 atom stereocenters. The minimum atomic E-state index is -4.49. The van der Waals surface area contributed by atoms with Crippen LogP contribution in [0.3, 0.4) is 0 Å². The Morgan fingerprint density at radius 3 is 2.23 bits per heavy atom. The molecule has 140 valence electrons. The first-order chi connectivity index (χ1) is 12.0. The van der Waals surface area contributed by atoms with Crippen molar-refractivity contribution in [2.75, 3.05) is 0 Å². The van der Waals surface area contributed by atoms with Crippen LogP contribution in [0.15, 0.2) is 52.1 Å². The molecule has 0 aromatic heterocycles. The van der Waals surface area contributed by atoms with E-state index in [0.29, 0.717) is 5.75 Å². The molecule has 0 aliphatic heterocycles. The minimum Gasteiger partial charge on any atom is -0.357 e. The fraction of sp³-hybridized carbons (Fsp3) is 0.133. The highest BCUT2D eigenvalue weighted by Gasteiger charge is 2.34. The first-order valence-corrected chi connectivity index (χ1v) is 8.90. The van der Waals surface area contributed by atoms with Gasteiger partial charge in [-0.2, -0.15) is 26.4 Å². The van der Waals surface area contributed by atoms with E-state index in [-0.39, 0.29) is 16.3 Å². The highest BCUT2D eigenvalue weighted by molar-refractivity contribution is 9.10. The molecule has 0 heterocycles. The number of nitrogens with one attached hydrogen (secondary N) is 1. The van der Waals surface area contributed by atoms with E-state index in [1.165, 1.54) is 19.1 Å². The van der Waals surface area contributed by atoms with Gasteiger partial charge in [0.25, 0.3) is 0 Å². The van der Waals surface area contributed by atoms with Gasteiger partial charge in [0.2, 0.25) is 0 Å². The van der Waals surface area contributed by atoms with E-state index < -0.39 is 22.2 Å². The Morgan fingerprint density at radius 1 is 1.19 bits per heavy atom. The van der Waals surface area contributed by atoms with E-state index in [0.717, 1.165) is 10.5 Å². The van der Waals surface area contributed by atoms with Gasteiger partial charge in [0.15, 0.2) is 5.75 Å². The van der Waals surface area contributed by atoms with Crippen LogP contribution in [0.1, 0.15) is 18.1 Å². The third-order valence-corrected chi connectivity index (χ3v) is 3.54. The summed E-state index contributed by atoms with van der Waals surface area (Å²) in [5, 5.41) is 3.95. The van der Waals surface area contributed by atoms with Gasteiger partial charge in [0, 0.05) is 15.1 Å². The Morgan fingerprint density at radius 2 is 1.73 bits per heavy atom. The number of hydrogen-bond acceptors (Lipinski definition) is 5. The fourth-order valence-electron chi connectivity index (χ4n) is 1.73. The molecule has 0 saturated carbocycles. The maximum Gasteiger partial charge on any atom is 0.417 e. The maximum atomic E-state index is 13.0. The van der Waals surface area contributed by atoms with Crippen molar-refractivity contribution in [3.05, 3.63) is 63.1 Å². The summed E-state index contributed by atoms with van der Waals surface area (Å²) in [6, 6.07) is 10.1. The van der Waals surface area contributed by atoms with Gasteiger partial charge in [-0.3, -0.25) is 0 Å². The summed E-state index contributed by atoms with van der Waals surface area (Å²) in [6.07, 6.45) is -4.49. The van der Waals surface area contributed by atoms with Crippen molar-refractivity contribution >= 4 is 43.7 Å². The zero-order valence-electron chi connectivity index (χ0n) is 13.0.